The van der Waals surface area contributed by atoms with Gasteiger partial charge < -0.3 is 19.9 Å². The van der Waals surface area contributed by atoms with Crippen molar-refractivity contribution in [1.82, 2.24) is 15.2 Å². The summed E-state index contributed by atoms with van der Waals surface area (Å²) in [6.07, 6.45) is 3.45. The maximum Gasteiger partial charge on any atom is 0.410 e. The molecule has 1 atom stereocenters. The predicted octanol–water partition coefficient (Wildman–Crippen LogP) is 3.83. The summed E-state index contributed by atoms with van der Waals surface area (Å²) in [5, 5.41) is 2.84. The first-order valence-corrected chi connectivity index (χ1v) is 11.7. The van der Waals surface area contributed by atoms with Gasteiger partial charge in [0.2, 0.25) is 11.8 Å². The number of amides is 3. The number of hydrogen-bond donors (Lipinski definition) is 1. The second-order valence-corrected chi connectivity index (χ2v) is 9.77. The van der Waals surface area contributed by atoms with Crippen LogP contribution in [0.3, 0.4) is 0 Å². The number of aryl methyl sites for hydroxylation is 1. The number of benzene rings is 1. The van der Waals surface area contributed by atoms with Crippen LogP contribution < -0.4 is 10.2 Å². The first-order valence-electron chi connectivity index (χ1n) is 11.7. The Morgan fingerprint density at radius 1 is 1.29 bits per heavy atom. The van der Waals surface area contributed by atoms with Crippen LogP contribution in [-0.2, 0) is 20.9 Å². The van der Waals surface area contributed by atoms with Crippen LogP contribution >= 0.6 is 0 Å². The van der Waals surface area contributed by atoms with Crippen molar-refractivity contribution in [2.24, 2.45) is 5.92 Å². The molecule has 1 aliphatic heterocycles. The predicted molar refractivity (Wildman–Crippen MR) is 130 cm³/mol. The Morgan fingerprint density at radius 2 is 2.06 bits per heavy atom. The van der Waals surface area contributed by atoms with E-state index in [1.165, 1.54) is 11.0 Å². The molecule has 2 aromatic rings. The highest BCUT2D eigenvalue weighted by Gasteiger charge is 2.36. The fraction of sp³-hybridized carbons (Fsp3) is 0.462. The van der Waals surface area contributed by atoms with E-state index in [2.05, 4.69) is 10.3 Å². The third-order valence-corrected chi connectivity index (χ3v) is 5.54. The zero-order chi connectivity index (χ0) is 25.6. The van der Waals surface area contributed by atoms with Crippen LogP contribution in [0.2, 0.25) is 0 Å². The highest BCUT2D eigenvalue weighted by Crippen LogP contribution is 2.28. The minimum Gasteiger partial charge on any atom is -0.444 e. The Hall–Kier alpha value is -3.49. The Morgan fingerprint density at radius 3 is 2.71 bits per heavy atom. The number of carbonyl (C=O) groups excluding carboxylic acids is 3. The van der Waals surface area contributed by atoms with Crippen molar-refractivity contribution >= 4 is 23.6 Å². The summed E-state index contributed by atoms with van der Waals surface area (Å²) in [5.74, 6) is -1.57. The van der Waals surface area contributed by atoms with Crippen molar-refractivity contribution in [2.75, 3.05) is 24.5 Å². The number of hydrogen-bond acceptors (Lipinski definition) is 5. The summed E-state index contributed by atoms with van der Waals surface area (Å²) >= 11 is 0. The number of nitrogens with zero attached hydrogens (tertiary/aromatic N) is 3. The Kier molecular flexibility index (Phi) is 8.43. The van der Waals surface area contributed by atoms with E-state index < -0.39 is 23.4 Å². The van der Waals surface area contributed by atoms with E-state index in [0.29, 0.717) is 26.1 Å². The molecule has 8 nitrogen and oxygen atoms in total. The number of halogens is 1. The maximum atomic E-state index is 14.3. The first-order chi connectivity index (χ1) is 16.5. The molecule has 188 valence electrons. The molecule has 1 saturated heterocycles. The normalized spacial score (nSPS) is 15.7. The van der Waals surface area contributed by atoms with Gasteiger partial charge in [-0.2, -0.15) is 0 Å². The van der Waals surface area contributed by atoms with E-state index in [4.69, 9.17) is 4.74 Å². The van der Waals surface area contributed by atoms with Gasteiger partial charge >= 0.3 is 6.09 Å². The second kappa shape index (κ2) is 11.3. The quantitative estimate of drug-likeness (QED) is 0.575. The van der Waals surface area contributed by atoms with E-state index in [1.54, 1.807) is 42.4 Å². The molecule has 1 N–H and O–H groups in total. The summed E-state index contributed by atoms with van der Waals surface area (Å²) < 4.78 is 19.8. The van der Waals surface area contributed by atoms with Crippen LogP contribution in [0.15, 0.2) is 42.7 Å². The molecule has 1 aliphatic rings. The molecule has 0 saturated carbocycles. The minimum atomic E-state index is -0.629. The third kappa shape index (κ3) is 7.50. The van der Waals surface area contributed by atoms with Crippen LogP contribution in [0.4, 0.5) is 14.9 Å². The molecule has 0 aliphatic carbocycles. The van der Waals surface area contributed by atoms with Crippen molar-refractivity contribution in [3.8, 4) is 0 Å². The summed E-state index contributed by atoms with van der Waals surface area (Å²) in [5.41, 5.74) is 1.20. The Labute approximate surface area is 205 Å². The van der Waals surface area contributed by atoms with Crippen molar-refractivity contribution < 1.29 is 23.5 Å². The first kappa shape index (κ1) is 26.1. The molecular formula is C26H33FN4O4. The van der Waals surface area contributed by atoms with E-state index in [9.17, 15) is 18.8 Å². The zero-order valence-electron chi connectivity index (χ0n) is 20.7. The van der Waals surface area contributed by atoms with Crippen LogP contribution in [0.5, 0.6) is 0 Å². The average molecular weight is 485 g/mol. The second-order valence-electron chi connectivity index (χ2n) is 9.77. The SMILES string of the molecule is Cc1ccc(N2CC(C(=O)NCCCN(Cc3cccnc3)C(=O)OC(C)(C)C)CC2=O)c(F)c1. The van der Waals surface area contributed by atoms with E-state index in [-0.39, 0.29) is 30.5 Å². The number of ether oxygens (including phenoxy) is 1. The topological polar surface area (TPSA) is 91.8 Å². The van der Waals surface area contributed by atoms with Gasteiger partial charge in [-0.3, -0.25) is 14.6 Å². The molecule has 3 amide bonds. The van der Waals surface area contributed by atoms with Crippen molar-refractivity contribution in [2.45, 2.75) is 52.7 Å². The number of aromatic nitrogens is 1. The number of rotatable bonds is 8. The lowest BCUT2D eigenvalue weighted by Crippen LogP contribution is -2.39. The Bertz CT molecular complexity index is 1060. The van der Waals surface area contributed by atoms with Crippen molar-refractivity contribution in [3.05, 3.63) is 59.7 Å². The molecule has 1 unspecified atom stereocenters. The molecule has 9 heteroatoms. The van der Waals surface area contributed by atoms with Crippen LogP contribution in [0, 0.1) is 18.7 Å². The number of nitrogens with one attached hydrogen (secondary N) is 1. The molecule has 1 aromatic heterocycles. The number of anilines is 1. The van der Waals surface area contributed by atoms with Gasteiger partial charge in [0.15, 0.2) is 0 Å². The summed E-state index contributed by atoms with van der Waals surface area (Å²) in [6, 6.07) is 8.36. The van der Waals surface area contributed by atoms with Gasteiger partial charge in [0.05, 0.1) is 18.2 Å². The lowest BCUT2D eigenvalue weighted by Gasteiger charge is -2.27. The lowest BCUT2D eigenvalue weighted by molar-refractivity contribution is -0.126. The number of carbonyl (C=O) groups is 3. The van der Waals surface area contributed by atoms with Gasteiger partial charge in [-0.25, -0.2) is 9.18 Å². The van der Waals surface area contributed by atoms with Crippen molar-refractivity contribution in [3.63, 3.8) is 0 Å². The lowest BCUT2D eigenvalue weighted by atomic mass is 10.1. The zero-order valence-corrected chi connectivity index (χ0v) is 20.7. The maximum absolute atomic E-state index is 14.3. The monoisotopic (exact) mass is 484 g/mol. The minimum absolute atomic E-state index is 0.0319. The van der Waals surface area contributed by atoms with Gasteiger partial charge in [-0.15, -0.1) is 0 Å². The van der Waals surface area contributed by atoms with E-state index in [1.807, 2.05) is 26.8 Å². The summed E-state index contributed by atoms with van der Waals surface area (Å²) in [4.78, 5) is 44.8. The van der Waals surface area contributed by atoms with Crippen LogP contribution in [-0.4, -0.2) is 53.0 Å². The molecule has 35 heavy (non-hydrogen) atoms. The van der Waals surface area contributed by atoms with E-state index >= 15 is 0 Å². The van der Waals surface area contributed by atoms with E-state index in [0.717, 1.165) is 11.1 Å². The number of pyridine rings is 1. The van der Waals surface area contributed by atoms with Gasteiger partial charge in [0.25, 0.3) is 0 Å². The molecule has 0 radical (unpaired) electrons. The summed E-state index contributed by atoms with van der Waals surface area (Å²) in [6.45, 7) is 8.37. The fourth-order valence-corrected chi connectivity index (χ4v) is 3.85. The molecule has 1 fully saturated rings. The highest BCUT2D eigenvalue weighted by atomic mass is 19.1. The molecule has 2 heterocycles. The third-order valence-electron chi connectivity index (χ3n) is 5.54. The summed E-state index contributed by atoms with van der Waals surface area (Å²) in [7, 11) is 0. The van der Waals surface area contributed by atoms with Gasteiger partial charge in [0, 0.05) is 38.4 Å². The smallest absolute Gasteiger partial charge is 0.410 e. The molecule has 0 bridgehead atoms. The van der Waals surface area contributed by atoms with Crippen molar-refractivity contribution in [1.29, 1.82) is 0 Å². The Balaban J connectivity index is 1.52. The fourth-order valence-electron chi connectivity index (χ4n) is 3.85. The molecule has 1 aromatic carbocycles. The molecule has 0 spiro atoms. The average Bonchev–Trinajstić information content (AvgIpc) is 3.16. The van der Waals surface area contributed by atoms with Crippen LogP contribution in [0.1, 0.15) is 44.7 Å². The van der Waals surface area contributed by atoms with Gasteiger partial charge in [-0.1, -0.05) is 12.1 Å². The molecular weight excluding hydrogens is 451 g/mol. The molecule has 3 rings (SSSR count). The van der Waals surface area contributed by atoms with Crippen LogP contribution in [0.25, 0.3) is 0 Å². The van der Waals surface area contributed by atoms with Gasteiger partial charge in [-0.05, 0) is 63.4 Å². The standard InChI is InChI=1S/C26H33FN4O4/c1-18-8-9-22(21(27)13-18)31-17-20(14-23(31)32)24(33)29-11-6-12-30(25(34)35-26(2,3)4)16-19-7-5-10-28-15-19/h5,7-10,13,15,20H,6,11-12,14,16-17H2,1-4H3,(H,29,33). The highest BCUT2D eigenvalue weighted by molar-refractivity contribution is 6.00. The van der Waals surface area contributed by atoms with Gasteiger partial charge in [0.1, 0.15) is 11.4 Å². The largest absolute Gasteiger partial charge is 0.444 e.